The number of imidazole rings is 1. The van der Waals surface area contributed by atoms with Gasteiger partial charge in [0.05, 0.1) is 11.0 Å². The van der Waals surface area contributed by atoms with Crippen molar-refractivity contribution in [3.05, 3.63) is 90.0 Å². The molecule has 4 aromatic rings. The fourth-order valence-electron chi connectivity index (χ4n) is 3.00. The molecule has 2 aromatic heterocycles. The van der Waals surface area contributed by atoms with E-state index in [-0.39, 0.29) is 5.91 Å². The van der Waals surface area contributed by atoms with Crippen LogP contribution in [-0.4, -0.2) is 27.9 Å². The van der Waals surface area contributed by atoms with Gasteiger partial charge in [-0.3, -0.25) is 9.78 Å². The fraction of sp³-hybridized carbons (Fsp3) is 0.0870. The number of hydrogen-bond acceptors (Lipinski definition) is 4. The number of para-hydroxylation sites is 2. The van der Waals surface area contributed by atoms with Gasteiger partial charge in [0.2, 0.25) is 0 Å². The van der Waals surface area contributed by atoms with E-state index >= 15 is 0 Å². The molecule has 144 valence electrons. The van der Waals surface area contributed by atoms with Gasteiger partial charge in [-0.1, -0.05) is 24.3 Å². The van der Waals surface area contributed by atoms with Crippen LogP contribution in [0, 0.1) is 0 Å². The Bertz CT molecular complexity index is 1120. The van der Waals surface area contributed by atoms with Crippen LogP contribution in [0.4, 0.5) is 0 Å². The van der Waals surface area contributed by atoms with Crippen LogP contribution in [0.25, 0.3) is 22.7 Å². The number of pyridine rings is 1. The molecule has 0 saturated heterocycles. The number of nitrogens with zero attached hydrogens (tertiary/aromatic N) is 2. The second kappa shape index (κ2) is 8.39. The summed E-state index contributed by atoms with van der Waals surface area (Å²) in [4.78, 5) is 24.1. The van der Waals surface area contributed by atoms with Crippen LogP contribution in [-0.2, 0) is 11.4 Å². The monoisotopic (exact) mass is 384 g/mol. The summed E-state index contributed by atoms with van der Waals surface area (Å²) in [5, 5.41) is 2.69. The van der Waals surface area contributed by atoms with Crippen molar-refractivity contribution in [2.45, 2.75) is 6.61 Å². The van der Waals surface area contributed by atoms with Gasteiger partial charge < -0.3 is 15.0 Å². The molecular formula is C23H20N4O2. The standard InChI is InChI=1S/C23H20N4O2/c1-24-23(28)19(14-16-10-12-25-13-11-16)17-6-8-18(9-7-17)29-15-22-26-20-4-2-3-5-21(20)27-22/h2-14H,15H2,1H3,(H,24,28)(H,26,27). The number of carbonyl (C=O) groups is 1. The van der Waals surface area contributed by atoms with E-state index in [1.165, 1.54) is 0 Å². The molecule has 2 aromatic carbocycles. The van der Waals surface area contributed by atoms with Crippen molar-refractivity contribution in [1.29, 1.82) is 0 Å². The maximum atomic E-state index is 12.4. The first-order valence-electron chi connectivity index (χ1n) is 9.23. The van der Waals surface area contributed by atoms with Gasteiger partial charge in [-0.25, -0.2) is 4.98 Å². The van der Waals surface area contributed by atoms with E-state index in [9.17, 15) is 4.79 Å². The topological polar surface area (TPSA) is 79.9 Å². The minimum Gasteiger partial charge on any atom is -0.486 e. The van der Waals surface area contributed by atoms with Gasteiger partial charge in [0, 0.05) is 25.0 Å². The maximum absolute atomic E-state index is 12.4. The van der Waals surface area contributed by atoms with Crippen molar-refractivity contribution in [2.75, 3.05) is 7.05 Å². The highest BCUT2D eigenvalue weighted by Crippen LogP contribution is 2.22. The average molecular weight is 384 g/mol. The molecule has 0 unspecified atom stereocenters. The number of H-pyrrole nitrogens is 1. The van der Waals surface area contributed by atoms with E-state index < -0.39 is 0 Å². The molecule has 2 heterocycles. The third kappa shape index (κ3) is 4.32. The van der Waals surface area contributed by atoms with Crippen LogP contribution in [0.3, 0.4) is 0 Å². The molecular weight excluding hydrogens is 364 g/mol. The van der Waals surface area contributed by atoms with Gasteiger partial charge >= 0.3 is 0 Å². The number of amides is 1. The molecule has 0 radical (unpaired) electrons. The summed E-state index contributed by atoms with van der Waals surface area (Å²) in [5.74, 6) is 1.31. The number of carbonyl (C=O) groups excluding carboxylic acids is 1. The number of benzene rings is 2. The van der Waals surface area contributed by atoms with E-state index in [1.54, 1.807) is 19.4 Å². The predicted octanol–water partition coefficient (Wildman–Crippen LogP) is 3.82. The quantitative estimate of drug-likeness (QED) is 0.495. The molecule has 6 nitrogen and oxygen atoms in total. The van der Waals surface area contributed by atoms with Crippen molar-refractivity contribution >= 4 is 28.6 Å². The van der Waals surface area contributed by atoms with Crippen LogP contribution in [0.5, 0.6) is 5.75 Å². The molecule has 1 amide bonds. The van der Waals surface area contributed by atoms with Crippen LogP contribution in [0.15, 0.2) is 73.1 Å². The molecule has 0 aliphatic carbocycles. The van der Waals surface area contributed by atoms with E-state index in [1.807, 2.05) is 66.7 Å². The molecule has 0 aliphatic rings. The Morgan fingerprint density at radius 3 is 2.55 bits per heavy atom. The Balaban J connectivity index is 1.50. The van der Waals surface area contributed by atoms with Crippen molar-refractivity contribution < 1.29 is 9.53 Å². The zero-order valence-corrected chi connectivity index (χ0v) is 15.9. The summed E-state index contributed by atoms with van der Waals surface area (Å²) in [5.41, 5.74) is 4.18. The van der Waals surface area contributed by atoms with Crippen molar-refractivity contribution in [2.24, 2.45) is 0 Å². The second-order valence-electron chi connectivity index (χ2n) is 6.43. The fourth-order valence-corrected chi connectivity index (χ4v) is 3.00. The third-order valence-corrected chi connectivity index (χ3v) is 4.47. The zero-order valence-electron chi connectivity index (χ0n) is 15.9. The van der Waals surface area contributed by atoms with Gasteiger partial charge in [-0.05, 0) is 53.6 Å². The number of fused-ring (bicyclic) bond motifs is 1. The highest BCUT2D eigenvalue weighted by Gasteiger charge is 2.11. The molecule has 2 N–H and O–H groups in total. The SMILES string of the molecule is CNC(=O)C(=Cc1ccncc1)c1ccc(OCc2nc3ccccc3[nH]2)cc1. The number of nitrogens with one attached hydrogen (secondary N) is 2. The number of ether oxygens (including phenoxy) is 1. The van der Waals surface area contributed by atoms with Crippen molar-refractivity contribution in [1.82, 2.24) is 20.3 Å². The number of rotatable bonds is 6. The Morgan fingerprint density at radius 2 is 1.83 bits per heavy atom. The number of likely N-dealkylation sites (N-methyl/N-ethyl adjacent to an activating group) is 1. The highest BCUT2D eigenvalue weighted by molar-refractivity contribution is 6.24. The first-order valence-corrected chi connectivity index (χ1v) is 9.23. The van der Waals surface area contributed by atoms with Crippen LogP contribution in [0.2, 0.25) is 0 Å². The molecule has 0 bridgehead atoms. The van der Waals surface area contributed by atoms with Gasteiger partial charge in [-0.15, -0.1) is 0 Å². The molecule has 0 aliphatic heterocycles. The smallest absolute Gasteiger partial charge is 0.251 e. The zero-order chi connectivity index (χ0) is 20.1. The van der Waals surface area contributed by atoms with Crippen LogP contribution >= 0.6 is 0 Å². The molecule has 6 heteroatoms. The number of hydrogen-bond donors (Lipinski definition) is 2. The van der Waals surface area contributed by atoms with Gasteiger partial charge in [-0.2, -0.15) is 0 Å². The highest BCUT2D eigenvalue weighted by atomic mass is 16.5. The predicted molar refractivity (Wildman–Crippen MR) is 113 cm³/mol. The van der Waals surface area contributed by atoms with Gasteiger partial charge in [0.25, 0.3) is 5.91 Å². The molecule has 0 spiro atoms. The summed E-state index contributed by atoms with van der Waals surface area (Å²) in [6, 6.07) is 19.0. The Labute approximate surface area is 168 Å². The Kier molecular flexibility index (Phi) is 5.33. The summed E-state index contributed by atoms with van der Waals surface area (Å²) < 4.78 is 5.84. The van der Waals surface area contributed by atoms with E-state index in [0.29, 0.717) is 17.9 Å². The summed E-state index contributed by atoms with van der Waals surface area (Å²) >= 11 is 0. The van der Waals surface area contributed by atoms with E-state index in [0.717, 1.165) is 28.0 Å². The molecule has 0 atom stereocenters. The molecule has 29 heavy (non-hydrogen) atoms. The first-order chi connectivity index (χ1) is 14.2. The lowest BCUT2D eigenvalue weighted by Gasteiger charge is -2.09. The van der Waals surface area contributed by atoms with Gasteiger partial charge in [0.1, 0.15) is 18.2 Å². The lowest BCUT2D eigenvalue weighted by Crippen LogP contribution is -2.19. The molecule has 4 rings (SSSR count). The normalized spacial score (nSPS) is 11.4. The number of aromatic amines is 1. The largest absolute Gasteiger partial charge is 0.486 e. The minimum atomic E-state index is -0.155. The average Bonchev–Trinajstić information content (AvgIpc) is 3.20. The van der Waals surface area contributed by atoms with Crippen molar-refractivity contribution in [3.63, 3.8) is 0 Å². The summed E-state index contributed by atoms with van der Waals surface area (Å²) in [7, 11) is 1.62. The second-order valence-corrected chi connectivity index (χ2v) is 6.43. The van der Waals surface area contributed by atoms with Gasteiger partial charge in [0.15, 0.2) is 0 Å². The third-order valence-electron chi connectivity index (χ3n) is 4.47. The van der Waals surface area contributed by atoms with Crippen LogP contribution in [0.1, 0.15) is 17.0 Å². The summed E-state index contributed by atoms with van der Waals surface area (Å²) in [6.45, 7) is 0.336. The molecule has 0 fully saturated rings. The lowest BCUT2D eigenvalue weighted by atomic mass is 10.0. The van der Waals surface area contributed by atoms with E-state index in [2.05, 4.69) is 20.3 Å². The Hall–Kier alpha value is -3.93. The maximum Gasteiger partial charge on any atom is 0.251 e. The first kappa shape index (κ1) is 18.4. The van der Waals surface area contributed by atoms with E-state index in [4.69, 9.17) is 4.74 Å². The minimum absolute atomic E-state index is 0.155. The van der Waals surface area contributed by atoms with Crippen LogP contribution < -0.4 is 10.1 Å². The lowest BCUT2D eigenvalue weighted by molar-refractivity contribution is -0.115. The molecule has 0 saturated carbocycles. The number of aromatic nitrogens is 3. The Morgan fingerprint density at radius 1 is 1.07 bits per heavy atom. The summed E-state index contributed by atoms with van der Waals surface area (Å²) in [6.07, 6.45) is 5.23. The van der Waals surface area contributed by atoms with Crippen molar-refractivity contribution in [3.8, 4) is 5.75 Å².